The zero-order chi connectivity index (χ0) is 25.9. The third kappa shape index (κ3) is 5.77. The van der Waals surface area contributed by atoms with Gasteiger partial charge in [0.2, 0.25) is 0 Å². The molecule has 1 atom stereocenters. The molecule has 1 aliphatic heterocycles. The van der Waals surface area contributed by atoms with Crippen LogP contribution < -0.4 is 22.1 Å². The summed E-state index contributed by atoms with van der Waals surface area (Å²) < 4.78 is 27.2. The van der Waals surface area contributed by atoms with E-state index in [9.17, 15) is 18.4 Å². The van der Waals surface area contributed by atoms with Crippen molar-refractivity contribution in [1.82, 2.24) is 10.2 Å². The number of halogens is 2. The Bertz CT molecular complexity index is 1310. The molecule has 4 rings (SSSR count). The van der Waals surface area contributed by atoms with Crippen LogP contribution >= 0.6 is 0 Å². The highest BCUT2D eigenvalue weighted by atomic mass is 19.1. The summed E-state index contributed by atoms with van der Waals surface area (Å²) in [4.78, 5) is 30.9. The summed E-state index contributed by atoms with van der Waals surface area (Å²) in [5.74, 6) is -1.74. The zero-order valence-electron chi connectivity index (χ0n) is 19.6. The molecule has 0 fully saturated rings. The SMILES string of the molecule is C[C@]1(Cc2cc(F)cc(F)c2)N=C(N)N(Cc2ccc(CNC(=O)Nc3cccc(N)c3)cc2)C1=O. The van der Waals surface area contributed by atoms with Gasteiger partial charge in [0.15, 0.2) is 5.96 Å². The minimum absolute atomic E-state index is 0.0138. The topological polar surface area (TPSA) is 126 Å². The van der Waals surface area contributed by atoms with E-state index in [-0.39, 0.29) is 30.9 Å². The molecule has 3 amide bonds. The Hall–Kier alpha value is -4.47. The van der Waals surface area contributed by atoms with Crippen molar-refractivity contribution in [2.45, 2.75) is 32.0 Å². The highest BCUT2D eigenvalue weighted by molar-refractivity contribution is 6.06. The van der Waals surface area contributed by atoms with E-state index in [1.54, 1.807) is 31.2 Å². The fourth-order valence-electron chi connectivity index (χ4n) is 4.05. The van der Waals surface area contributed by atoms with Crippen LogP contribution in [0.5, 0.6) is 0 Å². The second kappa shape index (κ2) is 10.0. The van der Waals surface area contributed by atoms with Gasteiger partial charge in [-0.15, -0.1) is 0 Å². The molecule has 10 heteroatoms. The first-order chi connectivity index (χ1) is 17.1. The first kappa shape index (κ1) is 24.6. The van der Waals surface area contributed by atoms with Crippen LogP contribution in [-0.4, -0.2) is 28.3 Å². The van der Waals surface area contributed by atoms with Crippen LogP contribution in [0.15, 0.2) is 71.7 Å². The second-order valence-electron chi connectivity index (χ2n) is 8.84. The van der Waals surface area contributed by atoms with Gasteiger partial charge in [-0.25, -0.2) is 18.6 Å². The predicted octanol–water partition coefficient (Wildman–Crippen LogP) is 3.53. The van der Waals surface area contributed by atoms with Gasteiger partial charge >= 0.3 is 6.03 Å². The summed E-state index contributed by atoms with van der Waals surface area (Å²) in [6.45, 7) is 2.07. The summed E-state index contributed by atoms with van der Waals surface area (Å²) in [7, 11) is 0. The quantitative estimate of drug-likeness (QED) is 0.377. The standard InChI is InChI=1S/C26H26F2N6O2/c1-26(13-18-9-19(27)11-20(28)10-18)23(35)34(24(30)33-26)15-17-7-5-16(6-8-17)14-31-25(36)32-22-4-2-3-21(29)12-22/h2-12H,13-15,29H2,1H3,(H2,30,33)(H2,31,32,36)/t26-/m1/s1. The van der Waals surface area contributed by atoms with E-state index in [1.807, 2.05) is 24.3 Å². The van der Waals surface area contributed by atoms with Crippen molar-refractivity contribution in [1.29, 1.82) is 0 Å². The molecule has 8 nitrogen and oxygen atoms in total. The first-order valence-corrected chi connectivity index (χ1v) is 11.2. The molecular weight excluding hydrogens is 466 g/mol. The summed E-state index contributed by atoms with van der Waals surface area (Å²) in [6.07, 6.45) is 0.0138. The Morgan fingerprint density at radius 3 is 2.31 bits per heavy atom. The maximum Gasteiger partial charge on any atom is 0.319 e. The summed E-state index contributed by atoms with van der Waals surface area (Å²) in [5.41, 5.74) is 13.6. The molecule has 0 bridgehead atoms. The number of nitrogens with one attached hydrogen (secondary N) is 2. The van der Waals surface area contributed by atoms with Gasteiger partial charge in [0, 0.05) is 30.4 Å². The summed E-state index contributed by atoms with van der Waals surface area (Å²) >= 11 is 0. The monoisotopic (exact) mass is 492 g/mol. The molecule has 36 heavy (non-hydrogen) atoms. The van der Waals surface area contributed by atoms with Gasteiger partial charge in [-0.1, -0.05) is 30.3 Å². The van der Waals surface area contributed by atoms with Crippen molar-refractivity contribution in [3.63, 3.8) is 0 Å². The third-order valence-electron chi connectivity index (χ3n) is 5.78. The molecule has 3 aromatic carbocycles. The number of hydrogen-bond donors (Lipinski definition) is 4. The number of aliphatic imine (C=N–C) groups is 1. The number of nitrogens with zero attached hydrogens (tertiary/aromatic N) is 2. The number of benzene rings is 3. The smallest absolute Gasteiger partial charge is 0.319 e. The Kier molecular flexibility index (Phi) is 6.86. The maximum atomic E-state index is 13.6. The molecule has 0 spiro atoms. The van der Waals surface area contributed by atoms with Gasteiger partial charge in [-0.2, -0.15) is 0 Å². The Balaban J connectivity index is 1.34. The summed E-state index contributed by atoms with van der Waals surface area (Å²) in [5, 5.41) is 5.48. The highest BCUT2D eigenvalue weighted by Gasteiger charge is 2.44. The molecular formula is C26H26F2N6O2. The molecule has 0 unspecified atom stereocenters. The van der Waals surface area contributed by atoms with Crippen molar-refractivity contribution in [2.24, 2.45) is 10.7 Å². The van der Waals surface area contributed by atoms with E-state index in [4.69, 9.17) is 11.5 Å². The minimum Gasteiger partial charge on any atom is -0.399 e. The van der Waals surface area contributed by atoms with Crippen molar-refractivity contribution < 1.29 is 18.4 Å². The van der Waals surface area contributed by atoms with Gasteiger partial charge in [0.25, 0.3) is 5.91 Å². The highest BCUT2D eigenvalue weighted by Crippen LogP contribution is 2.28. The molecule has 1 heterocycles. The molecule has 0 saturated carbocycles. The minimum atomic E-state index is -1.26. The van der Waals surface area contributed by atoms with Crippen molar-refractivity contribution in [3.05, 3.63) is 95.1 Å². The molecule has 0 aromatic heterocycles. The molecule has 0 aliphatic carbocycles. The van der Waals surface area contributed by atoms with Crippen molar-refractivity contribution >= 4 is 29.3 Å². The van der Waals surface area contributed by atoms with E-state index >= 15 is 0 Å². The average Bonchev–Trinajstić information content (AvgIpc) is 3.00. The number of hydrogen-bond acceptors (Lipinski definition) is 5. The fraction of sp³-hybridized carbons (Fsp3) is 0.192. The Labute approximate surface area is 207 Å². The molecule has 0 saturated heterocycles. The lowest BCUT2D eigenvalue weighted by Gasteiger charge is -2.22. The molecule has 0 radical (unpaired) electrons. The lowest BCUT2D eigenvalue weighted by molar-refractivity contribution is -0.131. The number of carbonyl (C=O) groups excluding carboxylic acids is 2. The van der Waals surface area contributed by atoms with Crippen LogP contribution in [0, 0.1) is 11.6 Å². The van der Waals surface area contributed by atoms with Gasteiger partial charge in [-0.3, -0.25) is 9.69 Å². The Morgan fingerprint density at radius 2 is 1.64 bits per heavy atom. The number of carbonyl (C=O) groups is 2. The Morgan fingerprint density at radius 1 is 0.972 bits per heavy atom. The van der Waals surface area contributed by atoms with Gasteiger partial charge in [0.1, 0.15) is 17.2 Å². The van der Waals surface area contributed by atoms with E-state index < -0.39 is 17.2 Å². The number of urea groups is 1. The van der Waals surface area contributed by atoms with Crippen LogP contribution in [-0.2, 0) is 24.3 Å². The van der Waals surface area contributed by atoms with Crippen LogP contribution in [0.25, 0.3) is 0 Å². The van der Waals surface area contributed by atoms with Gasteiger partial charge in [0.05, 0.1) is 6.54 Å². The number of rotatable bonds is 7. The average molecular weight is 493 g/mol. The first-order valence-electron chi connectivity index (χ1n) is 11.2. The van der Waals surface area contributed by atoms with Crippen LogP contribution in [0.2, 0.25) is 0 Å². The van der Waals surface area contributed by atoms with E-state index in [0.29, 0.717) is 23.5 Å². The molecule has 186 valence electrons. The lowest BCUT2D eigenvalue weighted by atomic mass is 9.92. The molecule has 1 aliphatic rings. The largest absolute Gasteiger partial charge is 0.399 e. The maximum absolute atomic E-state index is 13.6. The number of amides is 3. The second-order valence-corrected chi connectivity index (χ2v) is 8.84. The third-order valence-corrected chi connectivity index (χ3v) is 5.78. The van der Waals surface area contributed by atoms with Crippen LogP contribution in [0.4, 0.5) is 25.0 Å². The van der Waals surface area contributed by atoms with Crippen LogP contribution in [0.3, 0.4) is 0 Å². The normalized spacial score (nSPS) is 17.1. The molecule has 3 aromatic rings. The number of nitrogen functional groups attached to an aromatic ring is 1. The van der Waals surface area contributed by atoms with E-state index in [0.717, 1.165) is 17.2 Å². The number of guanidine groups is 1. The number of nitrogens with two attached hydrogens (primary N) is 2. The fourth-order valence-corrected chi connectivity index (χ4v) is 4.05. The van der Waals surface area contributed by atoms with E-state index in [1.165, 1.54) is 17.0 Å². The van der Waals surface area contributed by atoms with Crippen molar-refractivity contribution in [2.75, 3.05) is 11.1 Å². The van der Waals surface area contributed by atoms with Gasteiger partial charge in [-0.05, 0) is 53.9 Å². The van der Waals surface area contributed by atoms with E-state index in [2.05, 4.69) is 15.6 Å². The van der Waals surface area contributed by atoms with Crippen molar-refractivity contribution in [3.8, 4) is 0 Å². The number of anilines is 2. The van der Waals surface area contributed by atoms with Gasteiger partial charge < -0.3 is 22.1 Å². The van der Waals surface area contributed by atoms with Crippen LogP contribution in [0.1, 0.15) is 23.6 Å². The predicted molar refractivity (Wildman–Crippen MR) is 134 cm³/mol. The lowest BCUT2D eigenvalue weighted by Crippen LogP contribution is -2.43. The summed E-state index contributed by atoms with van der Waals surface area (Å²) in [6, 6.07) is 16.9. The zero-order valence-corrected chi connectivity index (χ0v) is 19.6. The molecule has 6 N–H and O–H groups in total.